The van der Waals surface area contributed by atoms with Gasteiger partial charge >= 0.3 is 0 Å². The summed E-state index contributed by atoms with van der Waals surface area (Å²) in [6, 6.07) is 0. The molecule has 9 heteroatoms. The third-order valence-electron chi connectivity index (χ3n) is 3.37. The summed E-state index contributed by atoms with van der Waals surface area (Å²) in [5.41, 5.74) is 11.0. The molecule has 2 saturated heterocycles. The molecule has 0 aromatic rings. The number of nitrogens with zero attached hydrogens (tertiary/aromatic N) is 2. The van der Waals surface area contributed by atoms with Gasteiger partial charge in [-0.05, 0) is 38.8 Å². The Balaban J connectivity index is 0.000000280. The molecule has 0 bridgehead atoms. The number of hydrogen-bond donors (Lipinski definition) is 2. The van der Waals surface area contributed by atoms with E-state index in [1.165, 1.54) is 38.8 Å². The molecule has 0 atom stereocenters. The normalized spacial score (nSPS) is 21.9. The van der Waals surface area contributed by atoms with Crippen LogP contribution in [0.2, 0.25) is 0 Å². The van der Waals surface area contributed by atoms with E-state index in [-0.39, 0.29) is 5.96 Å². The first kappa shape index (κ1) is 15.2. The van der Waals surface area contributed by atoms with Crippen LogP contribution in [0.1, 0.15) is 25.7 Å². The van der Waals surface area contributed by atoms with Crippen molar-refractivity contribution in [3.05, 3.63) is 0 Å². The summed E-state index contributed by atoms with van der Waals surface area (Å²) in [5.74, 6) is 0.230. The van der Waals surface area contributed by atoms with E-state index in [9.17, 15) is 0 Å². The van der Waals surface area contributed by atoms with E-state index < -0.39 is 10.4 Å². The summed E-state index contributed by atoms with van der Waals surface area (Å²) in [7, 11) is -5.17. The summed E-state index contributed by atoms with van der Waals surface area (Å²) in [5, 5.41) is 0. The lowest BCUT2D eigenvalue weighted by Gasteiger charge is -2.30. The first-order valence-electron chi connectivity index (χ1n) is 5.70. The SMILES string of the molecule is NC(N)=NCC12CCCN1CCC2.O=S(=O)([O-])[O-]. The molecule has 0 spiro atoms. The van der Waals surface area contributed by atoms with Crippen LogP contribution in [0.5, 0.6) is 0 Å². The average molecular weight is 278 g/mol. The minimum Gasteiger partial charge on any atom is -0.759 e. The second-order valence-corrected chi connectivity index (χ2v) is 5.38. The lowest BCUT2D eigenvalue weighted by Crippen LogP contribution is -2.42. The van der Waals surface area contributed by atoms with E-state index in [1.807, 2.05) is 0 Å². The van der Waals surface area contributed by atoms with Gasteiger partial charge in [0.05, 0.1) is 6.54 Å². The van der Waals surface area contributed by atoms with Crippen LogP contribution in [0.15, 0.2) is 4.99 Å². The van der Waals surface area contributed by atoms with Crippen molar-refractivity contribution in [2.45, 2.75) is 31.2 Å². The molecule has 0 aromatic heterocycles. The highest BCUT2D eigenvalue weighted by atomic mass is 32.3. The highest BCUT2D eigenvalue weighted by molar-refractivity contribution is 7.79. The highest BCUT2D eigenvalue weighted by Crippen LogP contribution is 2.38. The molecule has 0 amide bonds. The molecule has 0 saturated carbocycles. The fraction of sp³-hybridized carbons (Fsp3) is 0.889. The Hall–Kier alpha value is -0.900. The summed E-state index contributed by atoms with van der Waals surface area (Å²) < 4.78 is 34.1. The van der Waals surface area contributed by atoms with Gasteiger partial charge in [0.1, 0.15) is 0 Å². The molecule has 2 aliphatic rings. The summed E-state index contributed by atoms with van der Waals surface area (Å²) in [4.78, 5) is 6.73. The van der Waals surface area contributed by atoms with Gasteiger partial charge in [0.25, 0.3) is 0 Å². The van der Waals surface area contributed by atoms with Crippen LogP contribution in [-0.2, 0) is 10.4 Å². The molecule has 2 fully saturated rings. The molecule has 0 aliphatic carbocycles. The fourth-order valence-electron chi connectivity index (χ4n) is 2.72. The van der Waals surface area contributed by atoms with Crippen molar-refractivity contribution in [3.63, 3.8) is 0 Å². The number of rotatable bonds is 2. The summed E-state index contributed by atoms with van der Waals surface area (Å²) >= 11 is 0. The Morgan fingerprint density at radius 1 is 1.22 bits per heavy atom. The molecule has 18 heavy (non-hydrogen) atoms. The van der Waals surface area contributed by atoms with Crippen LogP contribution in [0.3, 0.4) is 0 Å². The van der Waals surface area contributed by atoms with Gasteiger partial charge in [0, 0.05) is 15.9 Å². The zero-order valence-corrected chi connectivity index (χ0v) is 10.9. The standard InChI is InChI=1S/C9H18N4.H2O4S/c10-8(11)12-7-9-3-1-5-13(9)6-2-4-9;1-5(2,3)4/h1-7H2,(H4,10,11,12);(H2,1,2,3,4)/p-2. The van der Waals surface area contributed by atoms with Crippen molar-refractivity contribution in [1.29, 1.82) is 0 Å². The van der Waals surface area contributed by atoms with Gasteiger partial charge in [0.2, 0.25) is 0 Å². The average Bonchev–Trinajstić information content (AvgIpc) is 2.69. The molecule has 0 aromatic carbocycles. The van der Waals surface area contributed by atoms with Gasteiger partial charge in [-0.3, -0.25) is 18.3 Å². The van der Waals surface area contributed by atoms with Crippen molar-refractivity contribution in [1.82, 2.24) is 4.90 Å². The zero-order valence-electron chi connectivity index (χ0n) is 10.0. The van der Waals surface area contributed by atoms with Crippen LogP contribution in [-0.4, -0.2) is 53.6 Å². The van der Waals surface area contributed by atoms with Crippen molar-refractivity contribution in [2.75, 3.05) is 19.6 Å². The molecule has 106 valence electrons. The Morgan fingerprint density at radius 3 is 2.06 bits per heavy atom. The molecule has 4 N–H and O–H groups in total. The van der Waals surface area contributed by atoms with Crippen LogP contribution in [0.4, 0.5) is 0 Å². The van der Waals surface area contributed by atoms with E-state index in [2.05, 4.69) is 9.89 Å². The third-order valence-corrected chi connectivity index (χ3v) is 3.37. The van der Waals surface area contributed by atoms with Crippen molar-refractivity contribution in [2.24, 2.45) is 16.5 Å². The zero-order chi connectivity index (χ0) is 13.8. The minimum absolute atomic E-state index is 0.230. The number of aliphatic imine (C=N–C) groups is 1. The van der Waals surface area contributed by atoms with Crippen LogP contribution < -0.4 is 11.5 Å². The van der Waals surface area contributed by atoms with E-state index in [1.54, 1.807) is 0 Å². The lowest BCUT2D eigenvalue weighted by atomic mass is 9.94. The van der Waals surface area contributed by atoms with Gasteiger partial charge in [-0.2, -0.15) is 0 Å². The number of guanidine groups is 1. The minimum atomic E-state index is -5.17. The van der Waals surface area contributed by atoms with E-state index in [4.69, 9.17) is 29.0 Å². The molecule has 2 rings (SSSR count). The van der Waals surface area contributed by atoms with Gasteiger partial charge in [0.15, 0.2) is 5.96 Å². The summed E-state index contributed by atoms with van der Waals surface area (Å²) in [6.45, 7) is 3.27. The van der Waals surface area contributed by atoms with Crippen LogP contribution in [0, 0.1) is 0 Å². The lowest BCUT2D eigenvalue weighted by molar-refractivity contribution is 0.204. The molecule has 8 nitrogen and oxygen atoms in total. The molecule has 0 radical (unpaired) electrons. The molecular weight excluding hydrogens is 260 g/mol. The molecular formula is C9H18N4O4S-2. The fourth-order valence-corrected chi connectivity index (χ4v) is 2.72. The maximum Gasteiger partial charge on any atom is 0.185 e. The quantitative estimate of drug-likeness (QED) is 0.271. The van der Waals surface area contributed by atoms with Crippen molar-refractivity contribution in [3.8, 4) is 0 Å². The van der Waals surface area contributed by atoms with Crippen LogP contribution in [0.25, 0.3) is 0 Å². The summed E-state index contributed by atoms with van der Waals surface area (Å²) in [6.07, 6.45) is 5.15. The van der Waals surface area contributed by atoms with Gasteiger partial charge in [-0.15, -0.1) is 0 Å². The molecule has 2 heterocycles. The first-order valence-corrected chi connectivity index (χ1v) is 7.03. The van der Waals surface area contributed by atoms with Crippen LogP contribution >= 0.6 is 0 Å². The smallest absolute Gasteiger partial charge is 0.185 e. The molecule has 0 unspecified atom stereocenters. The monoisotopic (exact) mass is 278 g/mol. The maximum atomic E-state index is 8.52. The van der Waals surface area contributed by atoms with E-state index >= 15 is 0 Å². The van der Waals surface area contributed by atoms with E-state index in [0.29, 0.717) is 5.54 Å². The van der Waals surface area contributed by atoms with Gasteiger partial charge in [-0.25, -0.2) is 0 Å². The van der Waals surface area contributed by atoms with Gasteiger partial charge in [-0.1, -0.05) is 0 Å². The predicted octanol–water partition coefficient (Wildman–Crippen LogP) is -1.45. The Kier molecular flexibility index (Phi) is 4.91. The van der Waals surface area contributed by atoms with E-state index in [0.717, 1.165) is 6.54 Å². The van der Waals surface area contributed by atoms with Crippen molar-refractivity contribution >= 4 is 16.4 Å². The van der Waals surface area contributed by atoms with Crippen molar-refractivity contribution < 1.29 is 17.5 Å². The maximum absolute atomic E-state index is 8.52. The topological polar surface area (TPSA) is 148 Å². The Morgan fingerprint density at radius 2 is 1.67 bits per heavy atom. The number of hydrogen-bond acceptors (Lipinski definition) is 6. The molecule has 2 aliphatic heterocycles. The largest absolute Gasteiger partial charge is 0.759 e. The Labute approximate surface area is 107 Å². The highest BCUT2D eigenvalue weighted by Gasteiger charge is 2.43. The third kappa shape index (κ3) is 4.77. The van der Waals surface area contributed by atoms with Gasteiger partial charge < -0.3 is 20.6 Å². The second kappa shape index (κ2) is 5.83. The number of nitrogens with two attached hydrogens (primary N) is 2. The predicted molar refractivity (Wildman–Crippen MR) is 63.9 cm³/mol. The second-order valence-electron chi connectivity index (χ2n) is 4.57. The number of fused-ring (bicyclic) bond motifs is 1. The first-order chi connectivity index (χ1) is 8.23. The Bertz CT molecular complexity index is 387.